The highest BCUT2D eigenvalue weighted by molar-refractivity contribution is 6.57. The van der Waals surface area contributed by atoms with Gasteiger partial charge in [0, 0.05) is 6.17 Å². The highest BCUT2D eigenvalue weighted by Crippen LogP contribution is 2.12. The topological polar surface area (TPSA) is 6.48 Å². The second-order valence-corrected chi connectivity index (χ2v) is 7.86. The SMILES string of the molecule is CCN(CC)[SiH](CN(C)C)C(C)C. The van der Waals surface area contributed by atoms with Gasteiger partial charge < -0.3 is 9.47 Å². The van der Waals surface area contributed by atoms with Gasteiger partial charge >= 0.3 is 0 Å². The van der Waals surface area contributed by atoms with Crippen molar-refractivity contribution in [1.82, 2.24) is 9.47 Å². The van der Waals surface area contributed by atoms with Gasteiger partial charge in [-0.05, 0) is 32.7 Å². The van der Waals surface area contributed by atoms with Crippen LogP contribution in [-0.4, -0.2) is 51.8 Å². The van der Waals surface area contributed by atoms with Gasteiger partial charge in [0.05, 0.1) is 0 Å². The third kappa shape index (κ3) is 4.79. The Hall–Kier alpha value is 0.137. The molecule has 0 amide bonds. The van der Waals surface area contributed by atoms with Crippen LogP contribution in [0.15, 0.2) is 0 Å². The summed E-state index contributed by atoms with van der Waals surface area (Å²) in [6.07, 6.45) is 1.30. The van der Waals surface area contributed by atoms with Gasteiger partial charge in [0.1, 0.15) is 8.96 Å². The lowest BCUT2D eigenvalue weighted by atomic mass is 10.6. The Morgan fingerprint density at radius 1 is 1.08 bits per heavy atom. The third-order valence-corrected chi connectivity index (χ3v) is 6.91. The summed E-state index contributed by atoms with van der Waals surface area (Å²) >= 11 is 0. The van der Waals surface area contributed by atoms with Gasteiger partial charge in [0.15, 0.2) is 0 Å². The van der Waals surface area contributed by atoms with Gasteiger partial charge in [-0.2, -0.15) is 0 Å². The molecule has 0 bridgehead atoms. The minimum Gasteiger partial charge on any atom is -0.325 e. The van der Waals surface area contributed by atoms with Crippen LogP contribution in [0.2, 0.25) is 5.54 Å². The van der Waals surface area contributed by atoms with Crippen molar-refractivity contribution >= 4 is 8.96 Å². The van der Waals surface area contributed by atoms with Gasteiger partial charge in [-0.1, -0.05) is 27.7 Å². The molecule has 3 heteroatoms. The summed E-state index contributed by atoms with van der Waals surface area (Å²) in [5.41, 5.74) is 0.877. The zero-order valence-electron chi connectivity index (χ0n) is 10.2. The lowest BCUT2D eigenvalue weighted by Crippen LogP contribution is -2.48. The smallest absolute Gasteiger partial charge is 0.128 e. The molecule has 0 aromatic heterocycles. The molecule has 0 aliphatic carbocycles. The van der Waals surface area contributed by atoms with Crippen molar-refractivity contribution in [3.8, 4) is 0 Å². The van der Waals surface area contributed by atoms with E-state index in [9.17, 15) is 0 Å². The van der Waals surface area contributed by atoms with E-state index < -0.39 is 8.96 Å². The molecule has 0 aromatic carbocycles. The minimum atomic E-state index is -0.721. The number of rotatable bonds is 6. The van der Waals surface area contributed by atoms with E-state index in [0.717, 1.165) is 5.54 Å². The van der Waals surface area contributed by atoms with E-state index in [1.807, 2.05) is 0 Å². The summed E-state index contributed by atoms with van der Waals surface area (Å²) in [4.78, 5) is 2.34. The van der Waals surface area contributed by atoms with Crippen molar-refractivity contribution in [3.05, 3.63) is 0 Å². The molecule has 0 saturated carbocycles. The predicted octanol–water partition coefficient (Wildman–Crippen LogP) is 1.56. The van der Waals surface area contributed by atoms with Gasteiger partial charge in [-0.3, -0.25) is 0 Å². The molecule has 80 valence electrons. The second kappa shape index (κ2) is 6.57. The van der Waals surface area contributed by atoms with Crippen molar-refractivity contribution < 1.29 is 0 Å². The lowest BCUT2D eigenvalue weighted by Gasteiger charge is -2.33. The lowest BCUT2D eigenvalue weighted by molar-refractivity contribution is 0.415. The van der Waals surface area contributed by atoms with Crippen LogP contribution >= 0.6 is 0 Å². The van der Waals surface area contributed by atoms with Crippen LogP contribution in [0.1, 0.15) is 27.7 Å². The summed E-state index contributed by atoms with van der Waals surface area (Å²) in [6, 6.07) is 0. The van der Waals surface area contributed by atoms with Crippen molar-refractivity contribution in [3.63, 3.8) is 0 Å². The Morgan fingerprint density at radius 2 is 1.54 bits per heavy atom. The van der Waals surface area contributed by atoms with Crippen LogP contribution < -0.4 is 0 Å². The van der Waals surface area contributed by atoms with E-state index in [1.165, 1.54) is 19.3 Å². The number of hydrogen-bond acceptors (Lipinski definition) is 2. The summed E-state index contributed by atoms with van der Waals surface area (Å²) in [6.45, 7) is 11.7. The standard InChI is InChI=1S/C10H26N2Si/c1-7-12(8-2)13(10(3)4)9-11(5)6/h10,13H,7-9H2,1-6H3. The molecule has 2 nitrogen and oxygen atoms in total. The maximum atomic E-state index is 2.69. The van der Waals surface area contributed by atoms with Gasteiger partial charge in [0.2, 0.25) is 0 Å². The summed E-state index contributed by atoms with van der Waals surface area (Å²) in [5, 5.41) is 0. The maximum absolute atomic E-state index is 2.69. The molecule has 0 saturated heterocycles. The first-order valence-electron chi connectivity index (χ1n) is 5.41. The maximum Gasteiger partial charge on any atom is 0.128 e. The van der Waals surface area contributed by atoms with Crippen LogP contribution in [0, 0.1) is 0 Å². The van der Waals surface area contributed by atoms with Crippen LogP contribution in [0.5, 0.6) is 0 Å². The molecule has 0 aromatic rings. The van der Waals surface area contributed by atoms with Crippen LogP contribution in [0.25, 0.3) is 0 Å². The number of nitrogens with zero attached hydrogens (tertiary/aromatic N) is 2. The third-order valence-electron chi connectivity index (χ3n) is 2.60. The fourth-order valence-corrected chi connectivity index (χ4v) is 5.00. The molecule has 0 aliphatic rings. The van der Waals surface area contributed by atoms with Crippen LogP contribution in [0.4, 0.5) is 0 Å². The molecule has 0 aliphatic heterocycles. The first-order chi connectivity index (χ1) is 6.02. The Kier molecular flexibility index (Phi) is 6.64. The fourth-order valence-electron chi connectivity index (χ4n) is 1.81. The van der Waals surface area contributed by atoms with E-state index >= 15 is 0 Å². The van der Waals surface area contributed by atoms with Gasteiger partial charge in [-0.15, -0.1) is 0 Å². The number of hydrogen-bond donors (Lipinski definition) is 0. The molecule has 0 fully saturated rings. The second-order valence-electron chi connectivity index (χ2n) is 4.29. The summed E-state index contributed by atoms with van der Waals surface area (Å²) < 4.78 is 2.69. The molecule has 1 atom stereocenters. The molecular weight excluding hydrogens is 176 g/mol. The fraction of sp³-hybridized carbons (Fsp3) is 1.00. The largest absolute Gasteiger partial charge is 0.325 e. The average Bonchev–Trinajstić information content (AvgIpc) is 2.04. The van der Waals surface area contributed by atoms with E-state index in [4.69, 9.17) is 0 Å². The molecule has 0 N–H and O–H groups in total. The molecule has 0 radical (unpaired) electrons. The van der Waals surface area contributed by atoms with Crippen LogP contribution in [-0.2, 0) is 0 Å². The molecular formula is C10H26N2Si. The minimum absolute atomic E-state index is 0.721. The Bertz CT molecular complexity index is 122. The average molecular weight is 202 g/mol. The first kappa shape index (κ1) is 13.1. The first-order valence-corrected chi connectivity index (χ1v) is 7.41. The molecule has 13 heavy (non-hydrogen) atoms. The molecule has 0 rings (SSSR count). The Balaban J connectivity index is 4.21. The normalized spacial score (nSPS) is 14.5. The van der Waals surface area contributed by atoms with E-state index in [2.05, 4.69) is 51.3 Å². The highest BCUT2D eigenvalue weighted by atomic mass is 28.3. The summed E-state index contributed by atoms with van der Waals surface area (Å²) in [7, 11) is 3.65. The Morgan fingerprint density at radius 3 is 1.77 bits per heavy atom. The predicted molar refractivity (Wildman–Crippen MR) is 63.7 cm³/mol. The Labute approximate surface area is 85.6 Å². The van der Waals surface area contributed by atoms with Crippen molar-refractivity contribution in [2.75, 3.05) is 33.4 Å². The van der Waals surface area contributed by atoms with Crippen molar-refractivity contribution in [2.24, 2.45) is 0 Å². The van der Waals surface area contributed by atoms with E-state index in [1.54, 1.807) is 0 Å². The van der Waals surface area contributed by atoms with Gasteiger partial charge in [-0.25, -0.2) is 0 Å². The molecule has 1 unspecified atom stereocenters. The quantitative estimate of drug-likeness (QED) is 0.603. The monoisotopic (exact) mass is 202 g/mol. The van der Waals surface area contributed by atoms with Crippen molar-refractivity contribution in [2.45, 2.75) is 33.2 Å². The molecule has 0 heterocycles. The highest BCUT2D eigenvalue weighted by Gasteiger charge is 2.21. The molecule has 0 spiro atoms. The van der Waals surface area contributed by atoms with Gasteiger partial charge in [0.25, 0.3) is 0 Å². The zero-order valence-corrected chi connectivity index (χ0v) is 11.3. The van der Waals surface area contributed by atoms with E-state index in [-0.39, 0.29) is 0 Å². The van der Waals surface area contributed by atoms with Crippen LogP contribution in [0.3, 0.4) is 0 Å². The van der Waals surface area contributed by atoms with E-state index in [0.29, 0.717) is 0 Å². The summed E-state index contributed by atoms with van der Waals surface area (Å²) in [5.74, 6) is 0. The zero-order chi connectivity index (χ0) is 10.4. The van der Waals surface area contributed by atoms with Crippen molar-refractivity contribution in [1.29, 1.82) is 0 Å².